The number of hydrogen-bond acceptors (Lipinski definition) is 3. The summed E-state index contributed by atoms with van der Waals surface area (Å²) < 4.78 is 7.01. The molecule has 0 aliphatic rings. The van der Waals surface area contributed by atoms with Crippen LogP contribution < -0.4 is 5.32 Å². The molecule has 0 saturated heterocycles. The normalized spacial score (nSPS) is 11.3. The maximum atomic E-state index is 5.00. The van der Waals surface area contributed by atoms with Crippen LogP contribution in [0.1, 0.15) is 37.6 Å². The molecule has 1 N–H and O–H groups in total. The quantitative estimate of drug-likeness (QED) is 0.720. The number of hydrogen-bond donors (Lipinski definition) is 1. The van der Waals surface area contributed by atoms with Crippen molar-refractivity contribution in [2.75, 3.05) is 20.3 Å². The summed E-state index contributed by atoms with van der Waals surface area (Å²) in [6.45, 7) is 9.04. The number of rotatable bonds is 7. The van der Waals surface area contributed by atoms with E-state index in [0.717, 1.165) is 31.8 Å². The van der Waals surface area contributed by atoms with E-state index in [4.69, 9.17) is 4.74 Å². The number of aryl methyl sites for hydroxylation is 1. The molecule has 1 aromatic rings. The van der Waals surface area contributed by atoms with Crippen LogP contribution in [0.4, 0.5) is 0 Å². The third-order valence-corrected chi connectivity index (χ3v) is 2.56. The Hall–Kier alpha value is -0.870. The van der Waals surface area contributed by atoms with Crippen molar-refractivity contribution in [2.45, 2.75) is 39.8 Å². The van der Waals surface area contributed by atoms with E-state index in [9.17, 15) is 0 Å². The Bertz CT molecular complexity index is 307. The van der Waals surface area contributed by atoms with Crippen LogP contribution in [0.3, 0.4) is 0 Å². The molecule has 0 radical (unpaired) electrons. The summed E-state index contributed by atoms with van der Waals surface area (Å²) in [7, 11) is 1.73. The summed E-state index contributed by atoms with van der Waals surface area (Å²) >= 11 is 0. The largest absolute Gasteiger partial charge is 0.385 e. The van der Waals surface area contributed by atoms with E-state index in [1.807, 2.05) is 4.68 Å². The molecule has 0 saturated carbocycles. The number of nitrogens with one attached hydrogen (secondary N) is 1. The zero-order valence-corrected chi connectivity index (χ0v) is 10.8. The van der Waals surface area contributed by atoms with E-state index in [2.05, 4.69) is 37.4 Å². The summed E-state index contributed by atoms with van der Waals surface area (Å²) in [5, 5.41) is 7.87. The first-order valence-corrected chi connectivity index (χ1v) is 5.89. The second kappa shape index (κ2) is 6.66. The van der Waals surface area contributed by atoms with Gasteiger partial charge in [0, 0.05) is 38.1 Å². The van der Waals surface area contributed by atoms with Crippen LogP contribution in [-0.4, -0.2) is 30.0 Å². The molecule has 1 aromatic heterocycles. The van der Waals surface area contributed by atoms with E-state index < -0.39 is 0 Å². The summed E-state index contributed by atoms with van der Waals surface area (Å²) in [6, 6.07) is 0.431. The Morgan fingerprint density at radius 1 is 1.50 bits per heavy atom. The molecule has 0 amide bonds. The summed E-state index contributed by atoms with van der Waals surface area (Å²) in [6.07, 6.45) is 3.18. The van der Waals surface area contributed by atoms with Crippen LogP contribution in [0.25, 0.3) is 0 Å². The van der Waals surface area contributed by atoms with Crippen molar-refractivity contribution >= 4 is 0 Å². The van der Waals surface area contributed by atoms with Gasteiger partial charge in [-0.2, -0.15) is 5.10 Å². The van der Waals surface area contributed by atoms with Crippen molar-refractivity contribution in [1.82, 2.24) is 15.1 Å². The predicted octanol–water partition coefficient (Wildman–Crippen LogP) is 1.90. The van der Waals surface area contributed by atoms with Gasteiger partial charge in [-0.15, -0.1) is 0 Å². The third-order valence-electron chi connectivity index (χ3n) is 2.56. The minimum atomic E-state index is 0.431. The molecule has 0 aliphatic heterocycles. The molecule has 0 unspecified atom stereocenters. The van der Waals surface area contributed by atoms with Gasteiger partial charge in [-0.05, 0) is 33.7 Å². The highest BCUT2D eigenvalue weighted by atomic mass is 16.5. The molecule has 0 spiro atoms. The highest BCUT2D eigenvalue weighted by molar-refractivity contribution is 5.15. The van der Waals surface area contributed by atoms with Gasteiger partial charge < -0.3 is 10.1 Å². The lowest BCUT2D eigenvalue weighted by atomic mass is 10.2. The van der Waals surface area contributed by atoms with Crippen molar-refractivity contribution in [1.29, 1.82) is 0 Å². The Kier molecular flexibility index (Phi) is 5.49. The van der Waals surface area contributed by atoms with Crippen molar-refractivity contribution in [3.05, 3.63) is 17.5 Å². The molecule has 92 valence electrons. The Balaban J connectivity index is 2.36. The molecular formula is C12H23N3O. The average Bonchev–Trinajstić information content (AvgIpc) is 2.60. The first-order chi connectivity index (χ1) is 7.65. The standard InChI is InChI=1S/C12H23N3O/c1-10(2)15-9-12(11(3)14-15)8-13-6-5-7-16-4/h9-10,13H,5-8H2,1-4H3. The molecule has 0 bridgehead atoms. The lowest BCUT2D eigenvalue weighted by molar-refractivity contribution is 0.194. The Morgan fingerprint density at radius 2 is 2.25 bits per heavy atom. The van der Waals surface area contributed by atoms with E-state index in [1.165, 1.54) is 5.56 Å². The third kappa shape index (κ3) is 3.94. The fourth-order valence-electron chi connectivity index (χ4n) is 1.52. The molecular weight excluding hydrogens is 202 g/mol. The molecule has 1 rings (SSSR count). The molecule has 0 aliphatic carbocycles. The van der Waals surface area contributed by atoms with Crippen LogP contribution in [0.5, 0.6) is 0 Å². The molecule has 16 heavy (non-hydrogen) atoms. The maximum absolute atomic E-state index is 5.00. The lowest BCUT2D eigenvalue weighted by Gasteiger charge is -2.04. The summed E-state index contributed by atoms with van der Waals surface area (Å²) in [5.74, 6) is 0. The van der Waals surface area contributed by atoms with Crippen LogP contribution in [0.15, 0.2) is 6.20 Å². The van der Waals surface area contributed by atoms with Gasteiger partial charge in [0.05, 0.1) is 5.69 Å². The van der Waals surface area contributed by atoms with Gasteiger partial charge in [-0.25, -0.2) is 0 Å². The lowest BCUT2D eigenvalue weighted by Crippen LogP contribution is -2.16. The van der Waals surface area contributed by atoms with Gasteiger partial charge in [0.25, 0.3) is 0 Å². The van der Waals surface area contributed by atoms with Crippen LogP contribution in [0, 0.1) is 6.92 Å². The van der Waals surface area contributed by atoms with Gasteiger partial charge in [-0.3, -0.25) is 4.68 Å². The zero-order valence-electron chi connectivity index (χ0n) is 10.8. The van der Waals surface area contributed by atoms with E-state index >= 15 is 0 Å². The number of methoxy groups -OCH3 is 1. The van der Waals surface area contributed by atoms with Gasteiger partial charge >= 0.3 is 0 Å². The highest BCUT2D eigenvalue weighted by Gasteiger charge is 2.06. The van der Waals surface area contributed by atoms with E-state index in [0.29, 0.717) is 6.04 Å². The van der Waals surface area contributed by atoms with Gasteiger partial charge in [0.2, 0.25) is 0 Å². The summed E-state index contributed by atoms with van der Waals surface area (Å²) in [4.78, 5) is 0. The van der Waals surface area contributed by atoms with Crippen molar-refractivity contribution < 1.29 is 4.74 Å². The maximum Gasteiger partial charge on any atom is 0.0638 e. The number of nitrogens with zero attached hydrogens (tertiary/aromatic N) is 2. The number of ether oxygens (including phenoxy) is 1. The fraction of sp³-hybridized carbons (Fsp3) is 0.750. The van der Waals surface area contributed by atoms with Crippen molar-refractivity contribution in [3.63, 3.8) is 0 Å². The SMILES string of the molecule is COCCCNCc1cn(C(C)C)nc1C. The van der Waals surface area contributed by atoms with Gasteiger partial charge in [0.15, 0.2) is 0 Å². The smallest absolute Gasteiger partial charge is 0.0638 e. The second-order valence-electron chi connectivity index (χ2n) is 4.34. The van der Waals surface area contributed by atoms with Crippen molar-refractivity contribution in [2.24, 2.45) is 0 Å². The second-order valence-corrected chi connectivity index (χ2v) is 4.34. The molecule has 0 fully saturated rings. The minimum absolute atomic E-state index is 0.431. The minimum Gasteiger partial charge on any atom is -0.385 e. The van der Waals surface area contributed by atoms with Crippen molar-refractivity contribution in [3.8, 4) is 0 Å². The molecule has 0 aromatic carbocycles. The van der Waals surface area contributed by atoms with Gasteiger partial charge in [-0.1, -0.05) is 0 Å². The molecule has 1 heterocycles. The molecule has 4 heteroatoms. The zero-order chi connectivity index (χ0) is 12.0. The topological polar surface area (TPSA) is 39.1 Å². The Morgan fingerprint density at radius 3 is 2.81 bits per heavy atom. The van der Waals surface area contributed by atoms with Crippen LogP contribution in [0.2, 0.25) is 0 Å². The van der Waals surface area contributed by atoms with Crippen LogP contribution in [-0.2, 0) is 11.3 Å². The van der Waals surface area contributed by atoms with E-state index in [-0.39, 0.29) is 0 Å². The van der Waals surface area contributed by atoms with Gasteiger partial charge in [0.1, 0.15) is 0 Å². The van der Waals surface area contributed by atoms with E-state index in [1.54, 1.807) is 7.11 Å². The Labute approximate surface area is 98.0 Å². The first kappa shape index (κ1) is 13.2. The summed E-state index contributed by atoms with van der Waals surface area (Å²) in [5.41, 5.74) is 2.40. The average molecular weight is 225 g/mol. The fourth-order valence-corrected chi connectivity index (χ4v) is 1.52. The monoisotopic (exact) mass is 225 g/mol. The number of aromatic nitrogens is 2. The first-order valence-electron chi connectivity index (χ1n) is 5.89. The van der Waals surface area contributed by atoms with Crippen LogP contribution >= 0.6 is 0 Å². The molecule has 0 atom stereocenters. The molecule has 4 nitrogen and oxygen atoms in total. The highest BCUT2D eigenvalue weighted by Crippen LogP contribution is 2.09. The predicted molar refractivity (Wildman–Crippen MR) is 65.5 cm³/mol.